The van der Waals surface area contributed by atoms with E-state index in [1.54, 1.807) is 11.3 Å². The molecule has 0 unspecified atom stereocenters. The molecule has 2 aromatic heterocycles. The number of piperazine rings is 1. The van der Waals surface area contributed by atoms with Crippen molar-refractivity contribution < 1.29 is 4.79 Å². The van der Waals surface area contributed by atoms with Crippen LogP contribution in [0, 0.1) is 0 Å². The fourth-order valence-corrected chi connectivity index (χ4v) is 6.07. The van der Waals surface area contributed by atoms with Crippen LogP contribution in [0.25, 0.3) is 10.2 Å². The molecule has 1 aliphatic heterocycles. The Morgan fingerprint density at radius 3 is 2.25 bits per heavy atom. The number of thiophene rings is 1. The number of amides is 1. The SMILES string of the molecule is O=C(c1cc2sc(Br)cc2n1Cc1ccc(Br)cc1)N1CCN(Cc2ccccc2)CC1. The minimum atomic E-state index is 0.126. The standard InChI is InChI=1S/C25H23Br2N3OS/c26-20-8-6-19(7-9-20)17-30-21-15-24(27)32-23(21)14-22(30)25(31)29-12-10-28(11-13-29)16-18-4-2-1-3-5-18/h1-9,14-15H,10-13,16-17H2. The third-order valence-electron chi connectivity index (χ3n) is 5.94. The summed E-state index contributed by atoms with van der Waals surface area (Å²) in [6.45, 7) is 4.92. The van der Waals surface area contributed by atoms with Crippen LogP contribution in [0.2, 0.25) is 0 Å². The molecule has 0 spiro atoms. The van der Waals surface area contributed by atoms with E-state index >= 15 is 0 Å². The quantitative estimate of drug-likeness (QED) is 0.283. The minimum absolute atomic E-state index is 0.126. The fraction of sp³-hybridized carbons (Fsp3) is 0.240. The van der Waals surface area contributed by atoms with Gasteiger partial charge < -0.3 is 9.47 Å². The van der Waals surface area contributed by atoms with Gasteiger partial charge in [-0.3, -0.25) is 9.69 Å². The minimum Gasteiger partial charge on any atom is -0.335 e. The van der Waals surface area contributed by atoms with Gasteiger partial charge in [0.2, 0.25) is 0 Å². The van der Waals surface area contributed by atoms with Gasteiger partial charge in [-0.05, 0) is 51.3 Å². The van der Waals surface area contributed by atoms with Gasteiger partial charge >= 0.3 is 0 Å². The van der Waals surface area contributed by atoms with E-state index in [4.69, 9.17) is 0 Å². The Balaban J connectivity index is 1.34. The van der Waals surface area contributed by atoms with E-state index in [0.29, 0.717) is 6.54 Å². The summed E-state index contributed by atoms with van der Waals surface area (Å²) in [5.41, 5.74) is 4.38. The molecule has 3 heterocycles. The molecule has 4 nitrogen and oxygen atoms in total. The van der Waals surface area contributed by atoms with Crippen molar-refractivity contribution in [2.24, 2.45) is 0 Å². The largest absolute Gasteiger partial charge is 0.335 e. The third kappa shape index (κ3) is 4.71. The van der Waals surface area contributed by atoms with Crippen molar-refractivity contribution >= 4 is 59.3 Å². The highest BCUT2D eigenvalue weighted by molar-refractivity contribution is 9.11. The maximum absolute atomic E-state index is 13.6. The second-order valence-corrected chi connectivity index (χ2v) is 11.5. The number of halogens is 2. The van der Waals surface area contributed by atoms with Gasteiger partial charge in [0.1, 0.15) is 5.69 Å². The van der Waals surface area contributed by atoms with Crippen LogP contribution in [-0.4, -0.2) is 46.5 Å². The average molecular weight is 573 g/mol. The summed E-state index contributed by atoms with van der Waals surface area (Å²) in [5, 5.41) is 0. The van der Waals surface area contributed by atoms with E-state index in [1.165, 1.54) is 11.1 Å². The van der Waals surface area contributed by atoms with Crippen molar-refractivity contribution in [1.82, 2.24) is 14.4 Å². The molecule has 7 heteroatoms. The van der Waals surface area contributed by atoms with Crippen LogP contribution in [-0.2, 0) is 13.1 Å². The second kappa shape index (κ2) is 9.51. The van der Waals surface area contributed by atoms with Gasteiger partial charge in [0.25, 0.3) is 5.91 Å². The first kappa shape index (κ1) is 21.9. The molecule has 0 radical (unpaired) electrons. The van der Waals surface area contributed by atoms with E-state index < -0.39 is 0 Å². The smallest absolute Gasteiger partial charge is 0.270 e. The molecule has 2 aromatic carbocycles. The van der Waals surface area contributed by atoms with E-state index in [-0.39, 0.29) is 5.91 Å². The van der Waals surface area contributed by atoms with Crippen LogP contribution >= 0.6 is 43.2 Å². The molecule has 164 valence electrons. The van der Waals surface area contributed by atoms with Gasteiger partial charge in [-0.15, -0.1) is 11.3 Å². The van der Waals surface area contributed by atoms with Crippen molar-refractivity contribution in [2.45, 2.75) is 13.1 Å². The van der Waals surface area contributed by atoms with Crippen molar-refractivity contribution in [3.8, 4) is 0 Å². The van der Waals surface area contributed by atoms with Crippen LogP contribution in [0.5, 0.6) is 0 Å². The van der Waals surface area contributed by atoms with Gasteiger partial charge in [0.05, 0.1) is 14.0 Å². The normalized spacial score (nSPS) is 14.9. The Labute approximate surface area is 208 Å². The molecule has 1 amide bonds. The first-order valence-electron chi connectivity index (χ1n) is 10.7. The van der Waals surface area contributed by atoms with Crippen molar-refractivity contribution in [1.29, 1.82) is 0 Å². The molecule has 4 aromatic rings. The van der Waals surface area contributed by atoms with Crippen molar-refractivity contribution in [3.05, 3.63) is 91.8 Å². The fourth-order valence-electron chi connectivity index (χ4n) is 4.24. The zero-order valence-corrected chi connectivity index (χ0v) is 21.5. The molecule has 1 fully saturated rings. The predicted molar refractivity (Wildman–Crippen MR) is 138 cm³/mol. The molecule has 1 aliphatic rings. The molecule has 0 saturated carbocycles. The summed E-state index contributed by atoms with van der Waals surface area (Å²) in [6.07, 6.45) is 0. The van der Waals surface area contributed by atoms with Crippen LogP contribution < -0.4 is 0 Å². The summed E-state index contributed by atoms with van der Waals surface area (Å²) in [7, 11) is 0. The second-order valence-electron chi connectivity index (χ2n) is 8.10. The third-order valence-corrected chi connectivity index (χ3v) is 8.04. The summed E-state index contributed by atoms with van der Waals surface area (Å²) in [5.74, 6) is 0.126. The monoisotopic (exact) mass is 571 g/mol. The lowest BCUT2D eigenvalue weighted by molar-refractivity contribution is 0.0619. The average Bonchev–Trinajstić information content (AvgIpc) is 3.33. The van der Waals surface area contributed by atoms with E-state index in [2.05, 4.69) is 89.9 Å². The summed E-state index contributed by atoms with van der Waals surface area (Å²) in [4.78, 5) is 18.0. The Morgan fingerprint density at radius 2 is 1.53 bits per heavy atom. The molecule has 5 rings (SSSR count). The van der Waals surface area contributed by atoms with Crippen LogP contribution in [0.15, 0.2) is 75.0 Å². The number of hydrogen-bond acceptors (Lipinski definition) is 3. The Kier molecular flexibility index (Phi) is 6.51. The molecule has 0 atom stereocenters. The Bertz CT molecular complexity index is 1230. The number of carbonyl (C=O) groups is 1. The number of nitrogens with zero attached hydrogens (tertiary/aromatic N) is 3. The zero-order chi connectivity index (χ0) is 22.1. The lowest BCUT2D eigenvalue weighted by Crippen LogP contribution is -2.48. The number of carbonyl (C=O) groups excluding carboxylic acids is 1. The van der Waals surface area contributed by atoms with E-state index in [1.807, 2.05) is 23.1 Å². The molecular formula is C25H23Br2N3OS. The molecule has 1 saturated heterocycles. The van der Waals surface area contributed by atoms with Gasteiger partial charge in [0.15, 0.2) is 0 Å². The molecule has 0 aliphatic carbocycles. The van der Waals surface area contributed by atoms with E-state index in [9.17, 15) is 4.79 Å². The number of hydrogen-bond donors (Lipinski definition) is 0. The topological polar surface area (TPSA) is 28.5 Å². The van der Waals surface area contributed by atoms with Gasteiger partial charge in [-0.1, -0.05) is 58.4 Å². The van der Waals surface area contributed by atoms with Gasteiger partial charge in [0, 0.05) is 43.7 Å². The molecular weight excluding hydrogens is 550 g/mol. The highest BCUT2D eigenvalue weighted by Gasteiger charge is 2.26. The summed E-state index contributed by atoms with van der Waals surface area (Å²) < 4.78 is 5.45. The van der Waals surface area contributed by atoms with Crippen molar-refractivity contribution in [3.63, 3.8) is 0 Å². The molecule has 0 N–H and O–H groups in total. The first-order chi connectivity index (χ1) is 15.6. The van der Waals surface area contributed by atoms with Gasteiger partial charge in [-0.2, -0.15) is 0 Å². The molecule has 0 bridgehead atoms. The van der Waals surface area contributed by atoms with Crippen molar-refractivity contribution in [2.75, 3.05) is 26.2 Å². The lowest BCUT2D eigenvalue weighted by Gasteiger charge is -2.35. The number of aromatic nitrogens is 1. The zero-order valence-electron chi connectivity index (χ0n) is 17.5. The van der Waals surface area contributed by atoms with E-state index in [0.717, 1.165) is 56.9 Å². The summed E-state index contributed by atoms with van der Waals surface area (Å²) in [6, 6.07) is 23.0. The lowest BCUT2D eigenvalue weighted by atomic mass is 10.2. The maximum Gasteiger partial charge on any atom is 0.270 e. The Hall–Kier alpha value is -1.93. The summed E-state index contributed by atoms with van der Waals surface area (Å²) >= 11 is 8.78. The van der Waals surface area contributed by atoms with Crippen LogP contribution in [0.4, 0.5) is 0 Å². The number of benzene rings is 2. The van der Waals surface area contributed by atoms with Crippen LogP contribution in [0.1, 0.15) is 21.6 Å². The van der Waals surface area contributed by atoms with Gasteiger partial charge in [-0.25, -0.2) is 0 Å². The number of rotatable bonds is 5. The maximum atomic E-state index is 13.6. The predicted octanol–water partition coefficient (Wildman–Crippen LogP) is 6.23. The molecule has 32 heavy (non-hydrogen) atoms. The highest BCUT2D eigenvalue weighted by atomic mass is 79.9. The number of fused-ring (bicyclic) bond motifs is 1. The highest BCUT2D eigenvalue weighted by Crippen LogP contribution is 2.33. The van der Waals surface area contributed by atoms with Crippen LogP contribution in [0.3, 0.4) is 0 Å². The first-order valence-corrected chi connectivity index (χ1v) is 13.1. The Morgan fingerprint density at radius 1 is 0.844 bits per heavy atom.